The lowest BCUT2D eigenvalue weighted by molar-refractivity contribution is 0.246. The second-order valence-corrected chi connectivity index (χ2v) is 5.34. The van der Waals surface area contributed by atoms with Crippen molar-refractivity contribution in [1.29, 1.82) is 0 Å². The van der Waals surface area contributed by atoms with Gasteiger partial charge in [-0.05, 0) is 12.1 Å². The van der Waals surface area contributed by atoms with Crippen LogP contribution in [0.2, 0.25) is 0 Å². The number of hydrogen-bond acceptors (Lipinski definition) is 3. The molecule has 1 rings (SSSR count). The quantitative estimate of drug-likeness (QED) is 0.822. The summed E-state index contributed by atoms with van der Waals surface area (Å²) in [6.07, 6.45) is 0. The van der Waals surface area contributed by atoms with Gasteiger partial charge in [0.05, 0.1) is 21.0 Å². The Balaban J connectivity index is 3.16. The minimum atomic E-state index is -3.86. The van der Waals surface area contributed by atoms with Crippen molar-refractivity contribution in [2.75, 3.05) is 0 Å². The van der Waals surface area contributed by atoms with Crippen LogP contribution in [0, 0.1) is 0 Å². The number of benzene rings is 1. The zero-order valence-corrected chi connectivity index (χ0v) is 9.32. The van der Waals surface area contributed by atoms with Gasteiger partial charge in [-0.15, -0.1) is 3.33 Å². The van der Waals surface area contributed by atoms with Gasteiger partial charge in [0.15, 0.2) is 0 Å². The summed E-state index contributed by atoms with van der Waals surface area (Å²) in [6.45, 7) is 0. The van der Waals surface area contributed by atoms with Crippen LogP contribution in [0.3, 0.4) is 0 Å². The molecule has 0 unspecified atom stereocenters. The molecule has 2 N–H and O–H groups in total. The minimum Gasteiger partial charge on any atom is -0.350 e. The molecule has 0 aliphatic heterocycles. The Morgan fingerprint density at radius 2 is 1.79 bits per heavy atom. The zero-order valence-electron chi connectivity index (χ0n) is 6.92. The predicted octanol–water partition coefficient (Wildman–Crippen LogP) is 1.07. The molecule has 0 atom stereocenters. The van der Waals surface area contributed by atoms with E-state index in [1.807, 2.05) is 0 Å². The second-order valence-electron chi connectivity index (χ2n) is 2.37. The van der Waals surface area contributed by atoms with Gasteiger partial charge in [-0.1, -0.05) is 18.2 Å². The molecule has 14 heavy (non-hydrogen) atoms. The molecule has 0 radical (unpaired) electrons. The highest BCUT2D eigenvalue weighted by atomic mass is 79.9. The third-order valence-electron chi connectivity index (χ3n) is 1.43. The van der Waals surface area contributed by atoms with Crippen molar-refractivity contribution in [2.45, 2.75) is 4.90 Å². The molecule has 0 saturated heterocycles. The zero-order chi connectivity index (χ0) is 10.8. The summed E-state index contributed by atoms with van der Waals surface area (Å²) in [5.74, 6) is 0. The van der Waals surface area contributed by atoms with Gasteiger partial charge in [-0.2, -0.15) is 0 Å². The molecular weight excluding hydrogens is 272 g/mol. The Hall–Kier alpha value is -1.08. The maximum absolute atomic E-state index is 11.6. The first-order chi connectivity index (χ1) is 6.46. The van der Waals surface area contributed by atoms with E-state index in [0.717, 1.165) is 0 Å². The number of amides is 2. The predicted molar refractivity (Wildman–Crippen MR) is 54.0 cm³/mol. The fourth-order valence-corrected chi connectivity index (χ4v) is 2.23. The lowest BCUT2D eigenvalue weighted by atomic mass is 10.4. The molecule has 0 heterocycles. The van der Waals surface area contributed by atoms with Crippen molar-refractivity contribution in [3.8, 4) is 0 Å². The number of nitrogens with two attached hydrogens (primary N) is 1. The van der Waals surface area contributed by atoms with Crippen LogP contribution in [0.25, 0.3) is 0 Å². The minimum absolute atomic E-state index is 0.00400. The molecule has 1 aromatic rings. The van der Waals surface area contributed by atoms with Crippen molar-refractivity contribution in [3.63, 3.8) is 0 Å². The van der Waals surface area contributed by atoms with Crippen molar-refractivity contribution in [1.82, 2.24) is 3.33 Å². The molecule has 0 fully saturated rings. The molecule has 0 spiro atoms. The van der Waals surface area contributed by atoms with Crippen LogP contribution in [0.1, 0.15) is 0 Å². The number of halogens is 1. The average molecular weight is 279 g/mol. The van der Waals surface area contributed by atoms with Gasteiger partial charge in [0.2, 0.25) is 0 Å². The number of rotatable bonds is 2. The summed E-state index contributed by atoms with van der Waals surface area (Å²) in [5.41, 5.74) is 4.82. The maximum Gasteiger partial charge on any atom is 0.339 e. The lowest BCUT2D eigenvalue weighted by Gasteiger charge is -2.11. The highest BCUT2D eigenvalue weighted by Crippen LogP contribution is 2.17. The van der Waals surface area contributed by atoms with E-state index < -0.39 is 16.1 Å². The maximum atomic E-state index is 11.6. The molecular formula is C7H7BrN2O3S. The van der Waals surface area contributed by atoms with Crippen LogP contribution in [0.5, 0.6) is 0 Å². The SMILES string of the molecule is NC(=O)N(Br)S(=O)(=O)c1ccccc1. The fourth-order valence-electron chi connectivity index (χ4n) is 0.803. The Morgan fingerprint density at radius 3 is 2.21 bits per heavy atom. The third kappa shape index (κ3) is 2.05. The number of sulfonamides is 1. The van der Waals surface area contributed by atoms with E-state index in [1.165, 1.54) is 12.1 Å². The van der Waals surface area contributed by atoms with E-state index in [0.29, 0.717) is 3.33 Å². The Bertz CT molecular complexity index is 432. The molecule has 0 saturated carbocycles. The number of nitrogens with zero attached hydrogens (tertiary/aromatic N) is 1. The number of primary amides is 1. The number of carbonyl (C=O) groups excluding carboxylic acids is 1. The molecule has 76 valence electrons. The van der Waals surface area contributed by atoms with E-state index in [1.54, 1.807) is 18.2 Å². The average Bonchev–Trinajstić information content (AvgIpc) is 2.18. The van der Waals surface area contributed by atoms with Gasteiger partial charge in [-0.25, -0.2) is 13.2 Å². The highest BCUT2D eigenvalue weighted by molar-refractivity contribution is 9.09. The first kappa shape index (κ1) is 11.0. The monoisotopic (exact) mass is 278 g/mol. The van der Waals surface area contributed by atoms with E-state index in [9.17, 15) is 13.2 Å². The number of hydrogen-bond donors (Lipinski definition) is 1. The van der Waals surface area contributed by atoms with E-state index in [2.05, 4.69) is 16.1 Å². The largest absolute Gasteiger partial charge is 0.350 e. The Labute approximate surface area is 89.9 Å². The standard InChI is InChI=1S/C7H7BrN2O3S/c8-10(7(9)11)14(12,13)6-4-2-1-3-5-6/h1-5H,(H2,9,11). The summed E-state index contributed by atoms with van der Waals surface area (Å²) in [6, 6.07) is 6.42. The van der Waals surface area contributed by atoms with Crippen LogP contribution in [-0.2, 0) is 10.0 Å². The summed E-state index contributed by atoms with van der Waals surface area (Å²) >= 11 is 2.57. The van der Waals surface area contributed by atoms with Crippen LogP contribution in [0.15, 0.2) is 35.2 Å². The Kier molecular flexibility index (Phi) is 3.12. The normalized spacial score (nSPS) is 10.9. The molecule has 2 amide bonds. The molecule has 0 aliphatic carbocycles. The summed E-state index contributed by atoms with van der Waals surface area (Å²) in [5, 5.41) is 0. The molecule has 7 heteroatoms. The Morgan fingerprint density at radius 1 is 1.29 bits per heavy atom. The fraction of sp³-hybridized carbons (Fsp3) is 0. The summed E-state index contributed by atoms with van der Waals surface area (Å²) < 4.78 is 23.4. The van der Waals surface area contributed by atoms with Crippen molar-refractivity contribution in [3.05, 3.63) is 30.3 Å². The molecule has 1 aromatic carbocycles. The van der Waals surface area contributed by atoms with Crippen molar-refractivity contribution < 1.29 is 13.2 Å². The smallest absolute Gasteiger partial charge is 0.339 e. The third-order valence-corrected chi connectivity index (χ3v) is 4.39. The molecule has 5 nitrogen and oxygen atoms in total. The van der Waals surface area contributed by atoms with Gasteiger partial charge in [-0.3, -0.25) is 0 Å². The lowest BCUT2D eigenvalue weighted by Crippen LogP contribution is -2.32. The van der Waals surface area contributed by atoms with Crippen LogP contribution in [-0.4, -0.2) is 17.8 Å². The van der Waals surface area contributed by atoms with E-state index in [-0.39, 0.29) is 4.90 Å². The molecule has 0 aromatic heterocycles. The summed E-state index contributed by atoms with van der Waals surface area (Å²) in [7, 11) is -3.86. The van der Waals surface area contributed by atoms with Gasteiger partial charge in [0.25, 0.3) is 10.0 Å². The van der Waals surface area contributed by atoms with Gasteiger partial charge in [0, 0.05) is 0 Å². The first-order valence-electron chi connectivity index (χ1n) is 3.52. The molecule has 0 aliphatic rings. The van der Waals surface area contributed by atoms with Crippen LogP contribution in [0.4, 0.5) is 4.79 Å². The first-order valence-corrected chi connectivity index (χ1v) is 5.67. The van der Waals surface area contributed by atoms with E-state index >= 15 is 0 Å². The topological polar surface area (TPSA) is 80.5 Å². The van der Waals surface area contributed by atoms with Crippen molar-refractivity contribution >= 4 is 32.2 Å². The van der Waals surface area contributed by atoms with Crippen molar-refractivity contribution in [2.24, 2.45) is 5.73 Å². The van der Waals surface area contributed by atoms with Gasteiger partial charge in [0.1, 0.15) is 0 Å². The van der Waals surface area contributed by atoms with E-state index in [4.69, 9.17) is 5.73 Å². The van der Waals surface area contributed by atoms with Gasteiger partial charge >= 0.3 is 6.03 Å². The van der Waals surface area contributed by atoms with Crippen LogP contribution < -0.4 is 5.73 Å². The number of urea groups is 1. The number of carbonyl (C=O) groups is 1. The second kappa shape index (κ2) is 3.97. The summed E-state index contributed by atoms with van der Waals surface area (Å²) in [4.78, 5) is 10.6. The van der Waals surface area contributed by atoms with Gasteiger partial charge < -0.3 is 5.73 Å². The highest BCUT2D eigenvalue weighted by Gasteiger charge is 2.24. The van der Waals surface area contributed by atoms with Crippen LogP contribution >= 0.6 is 16.1 Å². The molecule has 0 bridgehead atoms.